The molecule has 3 atom stereocenters. The van der Waals surface area contributed by atoms with Crippen molar-refractivity contribution in [3.05, 3.63) is 0 Å². The number of urea groups is 1. The monoisotopic (exact) mass is 274 g/mol. The second kappa shape index (κ2) is 5.36. The summed E-state index contributed by atoms with van der Waals surface area (Å²) in [5.74, 6) is -0.469. The molecule has 1 N–H and O–H groups in total. The minimum atomic E-state index is -0.929. The molecule has 2 aliphatic heterocycles. The molecule has 18 heavy (non-hydrogen) atoms. The van der Waals surface area contributed by atoms with Gasteiger partial charge < -0.3 is 14.7 Å². The van der Waals surface area contributed by atoms with Crippen LogP contribution in [-0.2, 0) is 9.53 Å². The Hall–Kier alpha value is -0.950. The number of thioether (sulfide) groups is 1. The maximum atomic E-state index is 12.4. The van der Waals surface area contributed by atoms with Crippen molar-refractivity contribution in [3.63, 3.8) is 0 Å². The van der Waals surface area contributed by atoms with E-state index in [1.165, 1.54) is 16.7 Å². The van der Waals surface area contributed by atoms with E-state index in [9.17, 15) is 9.59 Å². The first-order chi connectivity index (χ1) is 8.50. The predicted molar refractivity (Wildman–Crippen MR) is 67.6 cm³/mol. The van der Waals surface area contributed by atoms with E-state index in [1.54, 1.807) is 4.90 Å². The number of amides is 2. The van der Waals surface area contributed by atoms with E-state index in [0.29, 0.717) is 25.4 Å². The minimum absolute atomic E-state index is 0.0107. The van der Waals surface area contributed by atoms with Gasteiger partial charge in [0.15, 0.2) is 0 Å². The molecule has 2 saturated heterocycles. The van der Waals surface area contributed by atoms with Crippen molar-refractivity contribution >= 4 is 23.8 Å². The van der Waals surface area contributed by atoms with Gasteiger partial charge in [-0.1, -0.05) is 0 Å². The molecule has 0 aromatic carbocycles. The van der Waals surface area contributed by atoms with Gasteiger partial charge in [0.05, 0.1) is 18.1 Å². The smallest absolute Gasteiger partial charge is 0.327 e. The normalized spacial score (nSPS) is 32.7. The Balaban J connectivity index is 2.08. The van der Waals surface area contributed by atoms with Crippen molar-refractivity contribution in [3.8, 4) is 0 Å². The van der Waals surface area contributed by atoms with Crippen LogP contribution in [0.25, 0.3) is 0 Å². The number of morpholine rings is 1. The van der Waals surface area contributed by atoms with Crippen LogP contribution in [0, 0.1) is 0 Å². The zero-order valence-corrected chi connectivity index (χ0v) is 11.4. The van der Waals surface area contributed by atoms with Crippen molar-refractivity contribution in [1.82, 2.24) is 9.80 Å². The van der Waals surface area contributed by atoms with E-state index in [1.807, 2.05) is 13.8 Å². The molecule has 0 aromatic rings. The van der Waals surface area contributed by atoms with Crippen LogP contribution in [0.15, 0.2) is 0 Å². The van der Waals surface area contributed by atoms with Crippen LogP contribution >= 0.6 is 11.8 Å². The van der Waals surface area contributed by atoms with Gasteiger partial charge in [0.1, 0.15) is 6.04 Å². The molecule has 6 nitrogen and oxygen atoms in total. The average molecular weight is 274 g/mol. The highest BCUT2D eigenvalue weighted by Gasteiger charge is 2.41. The molecular weight excluding hydrogens is 256 g/mol. The molecule has 2 heterocycles. The highest BCUT2D eigenvalue weighted by Crippen LogP contribution is 2.30. The van der Waals surface area contributed by atoms with Crippen LogP contribution < -0.4 is 0 Å². The number of carboxylic acids is 1. The van der Waals surface area contributed by atoms with Gasteiger partial charge in [0.2, 0.25) is 0 Å². The van der Waals surface area contributed by atoms with E-state index in [-0.39, 0.29) is 17.5 Å². The summed E-state index contributed by atoms with van der Waals surface area (Å²) in [5.41, 5.74) is 0. The van der Waals surface area contributed by atoms with Crippen LogP contribution in [0.3, 0.4) is 0 Å². The first kappa shape index (κ1) is 13.5. The summed E-state index contributed by atoms with van der Waals surface area (Å²) in [6, 6.07) is -0.897. The van der Waals surface area contributed by atoms with Crippen LogP contribution in [-0.4, -0.2) is 69.9 Å². The number of ether oxygens (including phenoxy) is 1. The predicted octanol–water partition coefficient (Wildman–Crippen LogP) is 0.675. The second-order valence-electron chi connectivity index (χ2n) is 4.60. The van der Waals surface area contributed by atoms with Crippen molar-refractivity contribution in [2.24, 2.45) is 0 Å². The van der Waals surface area contributed by atoms with Crippen LogP contribution in [0.1, 0.15) is 13.8 Å². The number of nitrogens with zero attached hydrogens (tertiary/aromatic N) is 2. The van der Waals surface area contributed by atoms with Crippen molar-refractivity contribution in [2.75, 3.05) is 25.4 Å². The Morgan fingerprint density at radius 3 is 2.72 bits per heavy atom. The van der Waals surface area contributed by atoms with Gasteiger partial charge in [0.25, 0.3) is 0 Å². The Bertz CT molecular complexity index is 352. The highest BCUT2D eigenvalue weighted by atomic mass is 32.2. The topological polar surface area (TPSA) is 70.1 Å². The van der Waals surface area contributed by atoms with Crippen LogP contribution in [0.4, 0.5) is 4.79 Å². The molecule has 3 unspecified atom stereocenters. The third-order valence-corrected chi connectivity index (χ3v) is 4.46. The third-order valence-electron chi connectivity index (χ3n) is 3.24. The van der Waals surface area contributed by atoms with Crippen LogP contribution in [0.2, 0.25) is 0 Å². The summed E-state index contributed by atoms with van der Waals surface area (Å²) in [4.78, 5) is 26.7. The lowest BCUT2D eigenvalue weighted by molar-refractivity contribution is -0.141. The van der Waals surface area contributed by atoms with E-state index >= 15 is 0 Å². The summed E-state index contributed by atoms with van der Waals surface area (Å²) >= 11 is 1.50. The Morgan fingerprint density at radius 1 is 1.39 bits per heavy atom. The number of hydrogen-bond donors (Lipinski definition) is 1. The maximum absolute atomic E-state index is 12.4. The molecule has 7 heteroatoms. The highest BCUT2D eigenvalue weighted by molar-refractivity contribution is 8.00. The maximum Gasteiger partial charge on any atom is 0.327 e. The van der Waals surface area contributed by atoms with E-state index in [4.69, 9.17) is 9.84 Å². The molecule has 2 amide bonds. The quantitative estimate of drug-likeness (QED) is 0.761. The fourth-order valence-corrected chi connectivity index (χ4v) is 3.44. The van der Waals surface area contributed by atoms with Crippen LogP contribution in [0.5, 0.6) is 0 Å². The zero-order valence-electron chi connectivity index (χ0n) is 10.5. The van der Waals surface area contributed by atoms with Crippen molar-refractivity contribution in [2.45, 2.75) is 31.4 Å². The SMILES string of the molecule is CC1CN(C(=O)N2C(C)SCC2C(=O)O)CCO1. The first-order valence-electron chi connectivity index (χ1n) is 6.04. The summed E-state index contributed by atoms with van der Waals surface area (Å²) in [6.07, 6.45) is 0.0107. The first-order valence-corrected chi connectivity index (χ1v) is 7.09. The standard InChI is InChI=1S/C11H18N2O4S/c1-7-5-12(3-4-17-7)11(16)13-8(2)18-6-9(13)10(14)15/h7-9H,3-6H2,1-2H3,(H,14,15). The molecular formula is C11H18N2O4S. The van der Waals surface area contributed by atoms with Gasteiger partial charge in [-0.3, -0.25) is 4.90 Å². The Morgan fingerprint density at radius 2 is 2.11 bits per heavy atom. The minimum Gasteiger partial charge on any atom is -0.480 e. The summed E-state index contributed by atoms with van der Waals surface area (Å²) in [5, 5.41) is 9.06. The number of hydrogen-bond acceptors (Lipinski definition) is 4. The van der Waals surface area contributed by atoms with Crippen molar-refractivity contribution < 1.29 is 19.4 Å². The summed E-state index contributed by atoms with van der Waals surface area (Å²) < 4.78 is 5.39. The van der Waals surface area contributed by atoms with E-state index in [0.717, 1.165) is 0 Å². The lowest BCUT2D eigenvalue weighted by Crippen LogP contribution is -2.54. The lowest BCUT2D eigenvalue weighted by atomic mass is 10.2. The molecule has 102 valence electrons. The van der Waals surface area contributed by atoms with Gasteiger partial charge in [-0.2, -0.15) is 0 Å². The van der Waals surface area contributed by atoms with Gasteiger partial charge in [-0.05, 0) is 13.8 Å². The van der Waals surface area contributed by atoms with E-state index in [2.05, 4.69) is 0 Å². The lowest BCUT2D eigenvalue weighted by Gasteiger charge is -2.36. The molecule has 2 rings (SSSR count). The molecule has 0 spiro atoms. The molecule has 2 fully saturated rings. The molecule has 0 aliphatic carbocycles. The molecule has 2 aliphatic rings. The number of aliphatic carboxylic acids is 1. The Labute approximate surface area is 110 Å². The largest absolute Gasteiger partial charge is 0.480 e. The fourth-order valence-electron chi connectivity index (χ4n) is 2.28. The molecule has 0 bridgehead atoms. The number of carbonyl (C=O) groups is 2. The number of carboxylic acid groups (broad SMARTS) is 1. The molecule has 0 radical (unpaired) electrons. The molecule has 0 aromatic heterocycles. The third kappa shape index (κ3) is 2.56. The van der Waals surface area contributed by atoms with Crippen molar-refractivity contribution in [1.29, 1.82) is 0 Å². The van der Waals surface area contributed by atoms with Gasteiger partial charge in [-0.25, -0.2) is 9.59 Å². The summed E-state index contributed by atoms with van der Waals surface area (Å²) in [6.45, 7) is 5.36. The van der Waals surface area contributed by atoms with Gasteiger partial charge in [-0.15, -0.1) is 11.8 Å². The van der Waals surface area contributed by atoms with Gasteiger partial charge >= 0.3 is 12.0 Å². The van der Waals surface area contributed by atoms with E-state index < -0.39 is 12.0 Å². The summed E-state index contributed by atoms with van der Waals surface area (Å²) in [7, 11) is 0. The Kier molecular flexibility index (Phi) is 4.01. The fraction of sp³-hybridized carbons (Fsp3) is 0.818. The van der Waals surface area contributed by atoms with Gasteiger partial charge in [0, 0.05) is 18.8 Å². The number of carbonyl (C=O) groups excluding carboxylic acids is 1. The average Bonchev–Trinajstić information content (AvgIpc) is 2.70. The number of rotatable bonds is 1. The molecule has 0 saturated carbocycles. The zero-order chi connectivity index (χ0) is 13.3. The second-order valence-corrected chi connectivity index (χ2v) is 5.95.